The van der Waals surface area contributed by atoms with Crippen molar-refractivity contribution >= 4 is 12.1 Å². The van der Waals surface area contributed by atoms with E-state index in [0.29, 0.717) is 30.5 Å². The number of furan rings is 1. The molecule has 3 nitrogen and oxygen atoms in total. The lowest BCUT2D eigenvalue weighted by molar-refractivity contribution is 0.0994. The molecule has 0 N–H and O–H groups in total. The van der Waals surface area contributed by atoms with Crippen LogP contribution in [0.1, 0.15) is 33.1 Å². The molecule has 1 aromatic heterocycles. The summed E-state index contributed by atoms with van der Waals surface area (Å²) in [5.74, 6) is 0.997. The molecule has 0 fully saturated rings. The van der Waals surface area contributed by atoms with Crippen molar-refractivity contribution in [3.05, 3.63) is 23.2 Å². The van der Waals surface area contributed by atoms with Crippen LogP contribution in [0.15, 0.2) is 10.5 Å². The quantitative estimate of drug-likeness (QED) is 0.565. The Morgan fingerprint density at radius 2 is 2.27 bits per heavy atom. The highest BCUT2D eigenvalue weighted by atomic mass is 16.3. The highest BCUT2D eigenvalue weighted by molar-refractivity contribution is 6.00. The van der Waals surface area contributed by atoms with Crippen LogP contribution in [0, 0.1) is 0 Å². The highest BCUT2D eigenvalue weighted by Gasteiger charge is 2.23. The minimum absolute atomic E-state index is 0.0804. The van der Waals surface area contributed by atoms with Crippen LogP contribution in [-0.2, 0) is 6.42 Å². The van der Waals surface area contributed by atoms with Crippen molar-refractivity contribution in [2.45, 2.75) is 12.8 Å². The molecule has 0 saturated heterocycles. The van der Waals surface area contributed by atoms with E-state index in [1.165, 1.54) is 6.07 Å². The number of hydrogen-bond acceptors (Lipinski definition) is 3. The van der Waals surface area contributed by atoms with Crippen LogP contribution in [-0.4, -0.2) is 12.1 Å². The van der Waals surface area contributed by atoms with Gasteiger partial charge in [0.15, 0.2) is 17.8 Å². The summed E-state index contributed by atoms with van der Waals surface area (Å²) in [6.45, 7) is 0. The summed E-state index contributed by atoms with van der Waals surface area (Å²) in [6, 6.07) is 1.51. The number of carbonyl (C=O) groups excluding carboxylic acids is 2. The summed E-state index contributed by atoms with van der Waals surface area (Å²) in [6.07, 6.45) is 1.78. The first-order valence-corrected chi connectivity index (χ1v) is 3.42. The van der Waals surface area contributed by atoms with Crippen LogP contribution in [0.2, 0.25) is 0 Å². The Balaban J connectivity index is 2.54. The Kier molecular flexibility index (Phi) is 1.18. The third kappa shape index (κ3) is 0.808. The summed E-state index contributed by atoms with van der Waals surface area (Å²) in [5.41, 5.74) is 0.590. The number of ketones is 1. The average molecular weight is 150 g/mol. The number of Topliss-reactive ketones (excluding diaryl/α,β-unsaturated/α-hetero) is 1. The monoisotopic (exact) mass is 150 g/mol. The molecule has 0 aromatic carbocycles. The van der Waals surface area contributed by atoms with Crippen LogP contribution in [0.4, 0.5) is 0 Å². The number of hydrogen-bond donors (Lipinski definition) is 0. The van der Waals surface area contributed by atoms with Crippen molar-refractivity contribution in [1.29, 1.82) is 0 Å². The zero-order valence-electron chi connectivity index (χ0n) is 5.79. The van der Waals surface area contributed by atoms with Crippen molar-refractivity contribution in [3.8, 4) is 0 Å². The van der Waals surface area contributed by atoms with Gasteiger partial charge in [0.25, 0.3) is 0 Å². The second-order valence-corrected chi connectivity index (χ2v) is 2.53. The van der Waals surface area contributed by atoms with Gasteiger partial charge in [0, 0.05) is 12.8 Å². The van der Waals surface area contributed by atoms with Crippen molar-refractivity contribution < 1.29 is 14.0 Å². The van der Waals surface area contributed by atoms with E-state index in [1.807, 2.05) is 0 Å². The number of aldehydes is 1. The van der Waals surface area contributed by atoms with Crippen LogP contribution in [0.3, 0.4) is 0 Å². The topological polar surface area (TPSA) is 47.3 Å². The maximum absolute atomic E-state index is 11.0. The van der Waals surface area contributed by atoms with E-state index in [1.54, 1.807) is 0 Å². The number of fused-ring (bicyclic) bond motifs is 1. The maximum atomic E-state index is 11.0. The van der Waals surface area contributed by atoms with Crippen LogP contribution in [0.5, 0.6) is 0 Å². The van der Waals surface area contributed by atoms with Gasteiger partial charge in [0.2, 0.25) is 0 Å². The molecule has 1 aromatic rings. The van der Waals surface area contributed by atoms with E-state index in [-0.39, 0.29) is 11.5 Å². The molecule has 0 bridgehead atoms. The van der Waals surface area contributed by atoms with Crippen LogP contribution < -0.4 is 0 Å². The second kappa shape index (κ2) is 2.05. The van der Waals surface area contributed by atoms with Gasteiger partial charge in [-0.1, -0.05) is 0 Å². The molecule has 0 radical (unpaired) electrons. The second-order valence-electron chi connectivity index (χ2n) is 2.53. The van der Waals surface area contributed by atoms with Gasteiger partial charge in [-0.05, 0) is 6.07 Å². The fourth-order valence-electron chi connectivity index (χ4n) is 1.29. The fourth-order valence-corrected chi connectivity index (χ4v) is 1.29. The Hall–Kier alpha value is -1.38. The van der Waals surface area contributed by atoms with E-state index in [2.05, 4.69) is 0 Å². The van der Waals surface area contributed by atoms with Gasteiger partial charge in [-0.2, -0.15) is 0 Å². The maximum Gasteiger partial charge on any atom is 0.185 e. The van der Waals surface area contributed by atoms with Crippen LogP contribution in [0.25, 0.3) is 0 Å². The van der Waals surface area contributed by atoms with E-state index in [0.717, 1.165) is 0 Å². The van der Waals surface area contributed by atoms with Gasteiger partial charge in [0.05, 0.1) is 5.56 Å². The molecule has 0 aliphatic heterocycles. The highest BCUT2D eigenvalue weighted by Crippen LogP contribution is 2.24. The summed E-state index contributed by atoms with van der Waals surface area (Å²) >= 11 is 0. The van der Waals surface area contributed by atoms with Gasteiger partial charge < -0.3 is 4.42 Å². The Labute approximate surface area is 63.0 Å². The minimum Gasteiger partial charge on any atom is -0.457 e. The minimum atomic E-state index is 0.0804. The summed E-state index contributed by atoms with van der Waals surface area (Å²) in [7, 11) is 0. The number of carbonyl (C=O) groups is 2. The van der Waals surface area contributed by atoms with Gasteiger partial charge in [-0.25, -0.2) is 0 Å². The van der Waals surface area contributed by atoms with Gasteiger partial charge >= 0.3 is 0 Å². The molecular weight excluding hydrogens is 144 g/mol. The Morgan fingerprint density at radius 1 is 1.45 bits per heavy atom. The molecule has 0 unspecified atom stereocenters. The molecule has 0 amide bonds. The molecule has 1 aliphatic rings. The average Bonchev–Trinajstić information content (AvgIpc) is 2.53. The normalized spacial score (nSPS) is 15.1. The molecule has 0 atom stereocenters. The summed E-state index contributed by atoms with van der Waals surface area (Å²) in [4.78, 5) is 21.2. The molecule has 0 saturated carbocycles. The lowest BCUT2D eigenvalue weighted by Gasteiger charge is -1.82. The standard InChI is InChI=1S/C8H6O3/c9-4-5-3-6-7(10)1-2-8(6)11-5/h3-4H,1-2H2. The van der Waals surface area contributed by atoms with E-state index in [9.17, 15) is 9.59 Å². The third-order valence-corrected chi connectivity index (χ3v) is 1.82. The SMILES string of the molecule is O=Cc1cc2c(o1)CCC2=O. The number of aryl methyl sites for hydroxylation is 1. The predicted molar refractivity (Wildman–Crippen MR) is 36.7 cm³/mol. The van der Waals surface area contributed by atoms with Crippen molar-refractivity contribution in [2.75, 3.05) is 0 Å². The first kappa shape index (κ1) is 6.34. The lowest BCUT2D eigenvalue weighted by atomic mass is 10.2. The molecule has 3 heteroatoms. The zero-order chi connectivity index (χ0) is 7.84. The Morgan fingerprint density at radius 3 is 2.91 bits per heavy atom. The molecule has 1 heterocycles. The summed E-state index contributed by atoms with van der Waals surface area (Å²) < 4.78 is 5.06. The van der Waals surface area contributed by atoms with Gasteiger partial charge in [0.1, 0.15) is 5.76 Å². The predicted octanol–water partition coefficient (Wildman–Crippen LogP) is 1.22. The largest absolute Gasteiger partial charge is 0.457 e. The number of rotatable bonds is 1. The zero-order valence-corrected chi connectivity index (χ0v) is 5.79. The molecule has 2 rings (SSSR count). The van der Waals surface area contributed by atoms with E-state index >= 15 is 0 Å². The summed E-state index contributed by atoms with van der Waals surface area (Å²) in [5, 5.41) is 0. The van der Waals surface area contributed by atoms with Crippen LogP contribution >= 0.6 is 0 Å². The molecule has 56 valence electrons. The first-order valence-electron chi connectivity index (χ1n) is 3.42. The Bertz CT molecular complexity index is 322. The van der Waals surface area contributed by atoms with Gasteiger partial charge in [-0.3, -0.25) is 9.59 Å². The fraction of sp³-hybridized carbons (Fsp3) is 0.250. The third-order valence-electron chi connectivity index (χ3n) is 1.82. The van der Waals surface area contributed by atoms with E-state index < -0.39 is 0 Å². The van der Waals surface area contributed by atoms with Crippen molar-refractivity contribution in [3.63, 3.8) is 0 Å². The smallest absolute Gasteiger partial charge is 0.185 e. The molecule has 1 aliphatic carbocycles. The van der Waals surface area contributed by atoms with Crippen molar-refractivity contribution in [1.82, 2.24) is 0 Å². The first-order chi connectivity index (χ1) is 5.31. The lowest BCUT2D eigenvalue weighted by Crippen LogP contribution is -1.88. The van der Waals surface area contributed by atoms with E-state index in [4.69, 9.17) is 4.42 Å². The molecular formula is C8H6O3. The van der Waals surface area contributed by atoms with Gasteiger partial charge in [-0.15, -0.1) is 0 Å². The van der Waals surface area contributed by atoms with Crippen molar-refractivity contribution in [2.24, 2.45) is 0 Å². The molecule has 11 heavy (non-hydrogen) atoms. The molecule has 0 spiro atoms.